The zero-order chi connectivity index (χ0) is 18.2. The SMILES string of the molecule is COc1ccc2c(c1)nc1c3ccccc3nc(NCc3ccccc3)n21. The Morgan fingerprint density at radius 3 is 2.56 bits per heavy atom. The van der Waals surface area contributed by atoms with Gasteiger partial charge in [-0.05, 0) is 29.8 Å². The minimum absolute atomic E-state index is 0.692. The van der Waals surface area contributed by atoms with E-state index in [0.29, 0.717) is 6.54 Å². The molecule has 0 aliphatic rings. The number of nitrogens with zero attached hydrogens (tertiary/aromatic N) is 3. The molecule has 2 aromatic heterocycles. The molecule has 0 aliphatic carbocycles. The van der Waals surface area contributed by atoms with Gasteiger partial charge in [0, 0.05) is 18.0 Å². The molecule has 0 unspecified atom stereocenters. The average molecular weight is 354 g/mol. The Morgan fingerprint density at radius 2 is 1.70 bits per heavy atom. The van der Waals surface area contributed by atoms with Crippen LogP contribution in [0.25, 0.3) is 27.6 Å². The van der Waals surface area contributed by atoms with Crippen molar-refractivity contribution in [3.8, 4) is 5.75 Å². The van der Waals surface area contributed by atoms with Crippen molar-refractivity contribution in [1.29, 1.82) is 0 Å². The number of hydrogen-bond donors (Lipinski definition) is 1. The van der Waals surface area contributed by atoms with E-state index in [9.17, 15) is 0 Å². The van der Waals surface area contributed by atoms with Gasteiger partial charge >= 0.3 is 0 Å². The largest absolute Gasteiger partial charge is 0.497 e. The number of aromatic nitrogens is 3. The van der Waals surface area contributed by atoms with E-state index < -0.39 is 0 Å². The van der Waals surface area contributed by atoms with E-state index >= 15 is 0 Å². The molecule has 3 aromatic carbocycles. The molecule has 0 radical (unpaired) electrons. The minimum atomic E-state index is 0.692. The molecule has 0 fully saturated rings. The van der Waals surface area contributed by atoms with Crippen molar-refractivity contribution >= 4 is 33.5 Å². The molecule has 0 spiro atoms. The molecule has 132 valence electrons. The molecule has 0 atom stereocenters. The van der Waals surface area contributed by atoms with E-state index in [1.807, 2.05) is 54.6 Å². The second-order valence-corrected chi connectivity index (χ2v) is 6.42. The molecule has 0 saturated carbocycles. The van der Waals surface area contributed by atoms with Gasteiger partial charge in [-0.3, -0.25) is 4.40 Å². The van der Waals surface area contributed by atoms with Crippen LogP contribution >= 0.6 is 0 Å². The van der Waals surface area contributed by atoms with Crippen LogP contribution in [-0.2, 0) is 6.54 Å². The Balaban J connectivity index is 1.74. The molecule has 5 nitrogen and oxygen atoms in total. The highest BCUT2D eigenvalue weighted by Gasteiger charge is 2.14. The fourth-order valence-corrected chi connectivity index (χ4v) is 3.40. The highest BCUT2D eigenvalue weighted by Crippen LogP contribution is 2.28. The van der Waals surface area contributed by atoms with Crippen molar-refractivity contribution in [3.63, 3.8) is 0 Å². The van der Waals surface area contributed by atoms with E-state index in [-0.39, 0.29) is 0 Å². The first kappa shape index (κ1) is 15.6. The predicted molar refractivity (Wildman–Crippen MR) is 108 cm³/mol. The average Bonchev–Trinajstić information content (AvgIpc) is 3.12. The summed E-state index contributed by atoms with van der Waals surface area (Å²) in [5.41, 5.74) is 4.89. The third-order valence-electron chi connectivity index (χ3n) is 4.74. The van der Waals surface area contributed by atoms with Crippen molar-refractivity contribution in [2.75, 3.05) is 12.4 Å². The lowest BCUT2D eigenvalue weighted by Gasteiger charge is -2.11. The van der Waals surface area contributed by atoms with Gasteiger partial charge in [0.1, 0.15) is 11.4 Å². The summed E-state index contributed by atoms with van der Waals surface area (Å²) >= 11 is 0. The highest BCUT2D eigenvalue weighted by atomic mass is 16.5. The van der Waals surface area contributed by atoms with Crippen LogP contribution in [0.4, 0.5) is 5.95 Å². The monoisotopic (exact) mass is 354 g/mol. The minimum Gasteiger partial charge on any atom is -0.497 e. The van der Waals surface area contributed by atoms with E-state index in [2.05, 4.69) is 27.9 Å². The van der Waals surface area contributed by atoms with Gasteiger partial charge in [0.2, 0.25) is 5.95 Å². The van der Waals surface area contributed by atoms with E-state index in [1.54, 1.807) is 7.11 Å². The second kappa shape index (κ2) is 6.29. The lowest BCUT2D eigenvalue weighted by atomic mass is 10.2. The summed E-state index contributed by atoms with van der Waals surface area (Å²) in [4.78, 5) is 9.73. The van der Waals surface area contributed by atoms with Crippen molar-refractivity contribution in [3.05, 3.63) is 78.4 Å². The molecule has 5 rings (SSSR count). The van der Waals surface area contributed by atoms with Gasteiger partial charge < -0.3 is 10.1 Å². The number of benzene rings is 3. The van der Waals surface area contributed by atoms with Crippen LogP contribution in [0.1, 0.15) is 5.56 Å². The number of anilines is 1. The Hall–Kier alpha value is -3.60. The van der Waals surface area contributed by atoms with Crippen LogP contribution in [0.2, 0.25) is 0 Å². The second-order valence-electron chi connectivity index (χ2n) is 6.42. The zero-order valence-electron chi connectivity index (χ0n) is 14.9. The lowest BCUT2D eigenvalue weighted by molar-refractivity contribution is 0.415. The number of nitrogens with one attached hydrogen (secondary N) is 1. The predicted octanol–water partition coefficient (Wildman–Crippen LogP) is 4.66. The first-order chi connectivity index (χ1) is 13.3. The molecule has 27 heavy (non-hydrogen) atoms. The molecule has 5 aromatic rings. The summed E-state index contributed by atoms with van der Waals surface area (Å²) in [6, 6.07) is 24.3. The van der Waals surface area contributed by atoms with Crippen LogP contribution in [-0.4, -0.2) is 21.5 Å². The van der Waals surface area contributed by atoms with E-state index in [1.165, 1.54) is 5.56 Å². The molecule has 0 saturated heterocycles. The Bertz CT molecular complexity index is 1260. The fraction of sp³-hybridized carbons (Fsp3) is 0.0909. The molecule has 0 aliphatic heterocycles. The summed E-state index contributed by atoms with van der Waals surface area (Å²) in [5.74, 6) is 1.57. The number of fused-ring (bicyclic) bond motifs is 5. The summed E-state index contributed by atoms with van der Waals surface area (Å²) in [7, 11) is 1.67. The van der Waals surface area contributed by atoms with Crippen molar-refractivity contribution in [2.45, 2.75) is 6.54 Å². The fourth-order valence-electron chi connectivity index (χ4n) is 3.40. The summed E-state index contributed by atoms with van der Waals surface area (Å²) in [6.07, 6.45) is 0. The Labute approximate surface area is 156 Å². The van der Waals surface area contributed by atoms with Crippen LogP contribution < -0.4 is 10.1 Å². The highest BCUT2D eigenvalue weighted by molar-refractivity contribution is 5.97. The van der Waals surface area contributed by atoms with Gasteiger partial charge in [0.25, 0.3) is 0 Å². The number of para-hydroxylation sites is 1. The normalized spacial score (nSPS) is 11.3. The van der Waals surface area contributed by atoms with Crippen LogP contribution in [0.15, 0.2) is 72.8 Å². The summed E-state index contributed by atoms with van der Waals surface area (Å²) in [6.45, 7) is 0.692. The lowest BCUT2D eigenvalue weighted by Crippen LogP contribution is -2.07. The summed E-state index contributed by atoms with van der Waals surface area (Å²) in [5, 5.41) is 4.51. The number of methoxy groups -OCH3 is 1. The summed E-state index contributed by atoms with van der Waals surface area (Å²) < 4.78 is 7.44. The van der Waals surface area contributed by atoms with Crippen LogP contribution in [0.5, 0.6) is 5.75 Å². The molecular weight excluding hydrogens is 336 g/mol. The maximum atomic E-state index is 5.36. The topological polar surface area (TPSA) is 51.5 Å². The van der Waals surface area contributed by atoms with E-state index in [4.69, 9.17) is 14.7 Å². The third kappa shape index (κ3) is 2.64. The first-order valence-corrected chi connectivity index (χ1v) is 8.86. The van der Waals surface area contributed by atoms with Crippen molar-refractivity contribution in [1.82, 2.24) is 14.4 Å². The maximum Gasteiger partial charge on any atom is 0.210 e. The number of ether oxygens (including phenoxy) is 1. The van der Waals surface area contributed by atoms with Crippen molar-refractivity contribution < 1.29 is 4.74 Å². The van der Waals surface area contributed by atoms with Gasteiger partial charge in [-0.1, -0.05) is 42.5 Å². The van der Waals surface area contributed by atoms with Gasteiger partial charge in [-0.2, -0.15) is 0 Å². The zero-order valence-corrected chi connectivity index (χ0v) is 14.9. The molecule has 2 heterocycles. The van der Waals surface area contributed by atoms with Gasteiger partial charge in [0.05, 0.1) is 23.7 Å². The smallest absolute Gasteiger partial charge is 0.210 e. The van der Waals surface area contributed by atoms with Crippen molar-refractivity contribution in [2.24, 2.45) is 0 Å². The molecule has 1 N–H and O–H groups in total. The number of imidazole rings is 1. The molecular formula is C22H18N4O. The quantitative estimate of drug-likeness (QED) is 0.510. The van der Waals surface area contributed by atoms with E-state index in [0.717, 1.165) is 39.3 Å². The first-order valence-electron chi connectivity index (χ1n) is 8.86. The molecule has 0 bridgehead atoms. The maximum absolute atomic E-state index is 5.36. The Kier molecular flexibility index (Phi) is 3.64. The standard InChI is InChI=1S/C22H18N4O/c1-27-16-11-12-20-19(13-16)24-21-17-9-5-6-10-18(17)25-22(26(20)21)23-14-15-7-3-2-4-8-15/h2-13H,14H2,1H3,(H,23,25). The van der Waals surface area contributed by atoms with Gasteiger partial charge in [0.15, 0.2) is 0 Å². The van der Waals surface area contributed by atoms with Crippen LogP contribution in [0, 0.1) is 0 Å². The third-order valence-corrected chi connectivity index (χ3v) is 4.74. The number of rotatable bonds is 4. The Morgan fingerprint density at radius 1 is 0.889 bits per heavy atom. The molecule has 0 amide bonds. The van der Waals surface area contributed by atoms with Gasteiger partial charge in [-0.15, -0.1) is 0 Å². The molecule has 5 heteroatoms. The van der Waals surface area contributed by atoms with Gasteiger partial charge in [-0.25, -0.2) is 9.97 Å². The van der Waals surface area contributed by atoms with Crippen LogP contribution in [0.3, 0.4) is 0 Å². The number of hydrogen-bond acceptors (Lipinski definition) is 4.